The lowest BCUT2D eigenvalue weighted by molar-refractivity contribution is 0.0600. The molecule has 0 amide bonds. The highest BCUT2D eigenvalue weighted by Gasteiger charge is 2.05. The van der Waals surface area contributed by atoms with Crippen molar-refractivity contribution in [3.8, 4) is 0 Å². The maximum atomic E-state index is 11.1. The monoisotopic (exact) mass is 205 g/mol. The molecular formula is C11H11NO3. The number of esters is 1. The summed E-state index contributed by atoms with van der Waals surface area (Å²) < 4.78 is 4.54. The van der Waals surface area contributed by atoms with Crippen LogP contribution in [-0.2, 0) is 4.74 Å². The number of carbonyl (C=O) groups excluding carboxylic acids is 1. The third-order valence-electron chi connectivity index (χ3n) is 1.82. The van der Waals surface area contributed by atoms with Crippen LogP contribution in [0.2, 0.25) is 0 Å². The number of nitrogens with zero attached hydrogens (tertiary/aromatic N) is 1. The van der Waals surface area contributed by atoms with E-state index in [2.05, 4.69) is 16.4 Å². The average molecular weight is 205 g/mol. The van der Waals surface area contributed by atoms with Crippen molar-refractivity contribution in [3.05, 3.63) is 41.6 Å². The van der Waals surface area contributed by atoms with E-state index in [1.807, 2.05) is 0 Å². The van der Waals surface area contributed by atoms with E-state index in [1.54, 1.807) is 24.3 Å². The molecule has 4 nitrogen and oxygen atoms in total. The van der Waals surface area contributed by atoms with Crippen LogP contribution in [0.3, 0.4) is 0 Å². The third kappa shape index (κ3) is 2.67. The fourth-order valence-corrected chi connectivity index (χ4v) is 1.06. The molecule has 1 aromatic rings. The van der Waals surface area contributed by atoms with Gasteiger partial charge in [-0.2, -0.15) is 0 Å². The fraction of sp³-hybridized carbons (Fsp3) is 0.0909. The predicted octanol–water partition coefficient (Wildman–Crippen LogP) is 2.03. The molecule has 4 heteroatoms. The van der Waals surface area contributed by atoms with Crippen molar-refractivity contribution in [2.45, 2.75) is 0 Å². The van der Waals surface area contributed by atoms with Crippen molar-refractivity contribution >= 4 is 18.4 Å². The van der Waals surface area contributed by atoms with Crippen molar-refractivity contribution in [2.24, 2.45) is 4.99 Å². The molecule has 0 aliphatic carbocycles. The molecule has 0 spiro atoms. The number of ether oxygens (including phenoxy) is 1. The summed E-state index contributed by atoms with van der Waals surface area (Å²) >= 11 is 0. The van der Waals surface area contributed by atoms with Crippen molar-refractivity contribution < 1.29 is 14.6 Å². The first-order valence-electron chi connectivity index (χ1n) is 4.22. The molecule has 78 valence electrons. The van der Waals surface area contributed by atoms with Gasteiger partial charge in [0.1, 0.15) is 5.76 Å². The lowest BCUT2D eigenvalue weighted by atomic mass is 10.1. The van der Waals surface area contributed by atoms with Gasteiger partial charge in [0.05, 0.1) is 18.9 Å². The molecule has 0 aliphatic rings. The Bertz CT molecular complexity index is 393. The second-order valence-corrected chi connectivity index (χ2v) is 2.77. The van der Waals surface area contributed by atoms with E-state index in [4.69, 9.17) is 0 Å². The molecule has 0 heterocycles. The molecule has 0 unspecified atom stereocenters. The number of aliphatic hydroxyl groups excluding tert-OH is 1. The van der Waals surface area contributed by atoms with Gasteiger partial charge in [0.25, 0.3) is 0 Å². The Morgan fingerprint density at radius 1 is 1.40 bits per heavy atom. The second kappa shape index (κ2) is 4.95. The molecule has 0 aromatic heterocycles. The molecule has 0 atom stereocenters. The van der Waals surface area contributed by atoms with Gasteiger partial charge in [-0.1, -0.05) is 12.1 Å². The predicted molar refractivity (Wildman–Crippen MR) is 57.9 cm³/mol. The zero-order valence-electron chi connectivity index (χ0n) is 8.30. The summed E-state index contributed by atoms with van der Waals surface area (Å²) in [5, 5.41) is 9.42. The minimum atomic E-state index is -0.410. The topological polar surface area (TPSA) is 58.9 Å². The van der Waals surface area contributed by atoms with Crippen LogP contribution in [0.5, 0.6) is 0 Å². The van der Waals surface area contributed by atoms with Gasteiger partial charge in [-0.15, -0.1) is 0 Å². The van der Waals surface area contributed by atoms with E-state index in [0.29, 0.717) is 11.1 Å². The number of aliphatic imine (C=N–C) groups is 1. The van der Waals surface area contributed by atoms with Crippen LogP contribution < -0.4 is 0 Å². The molecule has 1 N–H and O–H groups in total. The van der Waals surface area contributed by atoms with Crippen molar-refractivity contribution in [3.63, 3.8) is 0 Å². The minimum absolute atomic E-state index is 0.00131. The van der Waals surface area contributed by atoms with Gasteiger partial charge in [0.2, 0.25) is 0 Å². The number of aliphatic hydroxyl groups is 1. The van der Waals surface area contributed by atoms with Crippen LogP contribution in [0.4, 0.5) is 0 Å². The summed E-state index contributed by atoms with van der Waals surface area (Å²) in [7, 11) is 1.31. The standard InChI is InChI=1S/C11H11NO3/c1-12-7-10(13)8-3-5-9(6-4-8)11(14)15-2/h3-7,13H,1H2,2H3/b10-7-. The van der Waals surface area contributed by atoms with E-state index in [9.17, 15) is 9.90 Å². The third-order valence-corrected chi connectivity index (χ3v) is 1.82. The maximum Gasteiger partial charge on any atom is 0.337 e. The maximum absolute atomic E-state index is 11.1. The summed E-state index contributed by atoms with van der Waals surface area (Å²) in [5.74, 6) is -0.409. The number of hydrogen-bond donors (Lipinski definition) is 1. The zero-order valence-corrected chi connectivity index (χ0v) is 8.30. The Balaban J connectivity index is 2.94. The molecular weight excluding hydrogens is 194 g/mol. The first kappa shape index (κ1) is 11.0. The quantitative estimate of drug-likeness (QED) is 0.466. The van der Waals surface area contributed by atoms with E-state index >= 15 is 0 Å². The Hall–Kier alpha value is -2.10. The first-order chi connectivity index (χ1) is 7.19. The minimum Gasteiger partial charge on any atom is -0.506 e. The zero-order chi connectivity index (χ0) is 11.3. The molecule has 0 saturated carbocycles. The SMILES string of the molecule is C=N/C=C(\O)c1ccc(C(=O)OC)cc1. The number of rotatable bonds is 3. The van der Waals surface area contributed by atoms with Crippen LogP contribution in [-0.4, -0.2) is 24.9 Å². The molecule has 0 fully saturated rings. The molecule has 15 heavy (non-hydrogen) atoms. The van der Waals surface area contributed by atoms with Crippen molar-refractivity contribution in [1.82, 2.24) is 0 Å². The average Bonchev–Trinajstić information content (AvgIpc) is 2.28. The Labute approximate surface area is 87.5 Å². The van der Waals surface area contributed by atoms with Gasteiger partial charge in [-0.25, -0.2) is 4.79 Å². The van der Waals surface area contributed by atoms with Gasteiger partial charge < -0.3 is 9.84 Å². The molecule has 1 aromatic carbocycles. The highest BCUT2D eigenvalue weighted by atomic mass is 16.5. The van der Waals surface area contributed by atoms with Crippen LogP contribution in [0.15, 0.2) is 35.5 Å². The summed E-state index contributed by atoms with van der Waals surface area (Å²) in [4.78, 5) is 14.5. The van der Waals surface area contributed by atoms with Gasteiger partial charge >= 0.3 is 5.97 Å². The molecule has 0 bridgehead atoms. The number of carbonyl (C=O) groups is 1. The molecule has 1 rings (SSSR count). The van der Waals surface area contributed by atoms with Crippen LogP contribution in [0, 0.1) is 0 Å². The normalized spacial score (nSPS) is 10.9. The van der Waals surface area contributed by atoms with Gasteiger partial charge in [0.15, 0.2) is 0 Å². The molecule has 0 radical (unpaired) electrons. The van der Waals surface area contributed by atoms with Crippen LogP contribution in [0.1, 0.15) is 15.9 Å². The summed E-state index contributed by atoms with van der Waals surface area (Å²) in [6.45, 7) is 3.22. The number of benzene rings is 1. The number of methoxy groups -OCH3 is 1. The lowest BCUT2D eigenvalue weighted by Gasteiger charge is -2.01. The smallest absolute Gasteiger partial charge is 0.337 e. The summed E-state index contributed by atoms with van der Waals surface area (Å²) in [5.41, 5.74) is 0.996. The van der Waals surface area contributed by atoms with Gasteiger partial charge in [-0.3, -0.25) is 4.99 Å². The molecule has 0 saturated heterocycles. The summed E-state index contributed by atoms with van der Waals surface area (Å²) in [6.07, 6.45) is 1.23. The largest absolute Gasteiger partial charge is 0.506 e. The second-order valence-electron chi connectivity index (χ2n) is 2.77. The molecule has 0 aliphatic heterocycles. The van der Waals surface area contributed by atoms with Crippen LogP contribution >= 0.6 is 0 Å². The Morgan fingerprint density at radius 2 is 1.93 bits per heavy atom. The van der Waals surface area contributed by atoms with E-state index in [1.165, 1.54) is 13.3 Å². The fourth-order valence-electron chi connectivity index (χ4n) is 1.06. The number of hydrogen-bond acceptors (Lipinski definition) is 4. The summed E-state index contributed by atoms with van der Waals surface area (Å²) in [6, 6.07) is 6.33. The Morgan fingerprint density at radius 3 is 2.40 bits per heavy atom. The highest BCUT2D eigenvalue weighted by Crippen LogP contribution is 2.12. The Kier molecular flexibility index (Phi) is 3.62. The van der Waals surface area contributed by atoms with Gasteiger partial charge in [0, 0.05) is 5.56 Å². The van der Waals surface area contributed by atoms with Gasteiger partial charge in [-0.05, 0) is 18.9 Å². The lowest BCUT2D eigenvalue weighted by Crippen LogP contribution is -2.00. The van der Waals surface area contributed by atoms with Crippen LogP contribution in [0.25, 0.3) is 5.76 Å². The highest BCUT2D eigenvalue weighted by molar-refractivity contribution is 5.89. The van der Waals surface area contributed by atoms with E-state index in [0.717, 1.165) is 0 Å². The van der Waals surface area contributed by atoms with E-state index in [-0.39, 0.29) is 5.76 Å². The first-order valence-corrected chi connectivity index (χ1v) is 4.22. The van der Waals surface area contributed by atoms with Crippen molar-refractivity contribution in [2.75, 3.05) is 7.11 Å². The van der Waals surface area contributed by atoms with Crippen molar-refractivity contribution in [1.29, 1.82) is 0 Å². The van der Waals surface area contributed by atoms with E-state index < -0.39 is 5.97 Å².